The third-order valence-electron chi connectivity index (χ3n) is 3.66. The number of hydrogen-bond acceptors (Lipinski definition) is 3. The summed E-state index contributed by atoms with van der Waals surface area (Å²) in [6, 6.07) is 3.87. The smallest absolute Gasteiger partial charge is 0.211 e. The summed E-state index contributed by atoms with van der Waals surface area (Å²) in [6.45, 7) is 4.28. The van der Waals surface area contributed by atoms with Gasteiger partial charge in [0.25, 0.3) is 0 Å². The molecule has 0 amide bonds. The number of rotatable bonds is 4. The summed E-state index contributed by atoms with van der Waals surface area (Å²) in [5, 5.41) is 1.31. The molecule has 3 rings (SSSR count). The highest BCUT2D eigenvalue weighted by molar-refractivity contribution is 6.37. The van der Waals surface area contributed by atoms with Gasteiger partial charge in [-0.2, -0.15) is 0 Å². The van der Waals surface area contributed by atoms with Crippen LogP contribution < -0.4 is 9.64 Å². The largest absolute Gasteiger partial charge is 0.473 e. The van der Waals surface area contributed by atoms with Crippen LogP contribution in [0.2, 0.25) is 10.0 Å². The van der Waals surface area contributed by atoms with Crippen LogP contribution >= 0.6 is 23.2 Å². The van der Waals surface area contributed by atoms with Crippen LogP contribution in [0.1, 0.15) is 24.2 Å². The minimum absolute atomic E-state index is 0.320. The summed E-state index contributed by atoms with van der Waals surface area (Å²) in [7, 11) is 0. The van der Waals surface area contributed by atoms with E-state index in [4.69, 9.17) is 27.9 Å². The fourth-order valence-electron chi connectivity index (χ4n) is 2.54. The number of aryl methyl sites for hydroxylation is 1. The number of nitrogens with one attached hydrogen (secondary N) is 1. The van der Waals surface area contributed by atoms with E-state index < -0.39 is 0 Å². The van der Waals surface area contributed by atoms with E-state index in [1.807, 2.05) is 19.1 Å². The zero-order valence-corrected chi connectivity index (χ0v) is 13.3. The molecule has 0 aliphatic carbocycles. The number of H-pyrrole nitrogens is 1. The van der Waals surface area contributed by atoms with Gasteiger partial charge >= 0.3 is 0 Å². The van der Waals surface area contributed by atoms with Gasteiger partial charge in [-0.3, -0.25) is 0 Å². The quantitative estimate of drug-likeness (QED) is 0.915. The Morgan fingerprint density at radius 3 is 2.71 bits per heavy atom. The van der Waals surface area contributed by atoms with Crippen LogP contribution in [0.5, 0.6) is 5.88 Å². The molecule has 0 radical (unpaired) electrons. The van der Waals surface area contributed by atoms with E-state index in [9.17, 15) is 0 Å². The van der Waals surface area contributed by atoms with Crippen molar-refractivity contribution in [2.75, 3.05) is 18.0 Å². The summed E-state index contributed by atoms with van der Waals surface area (Å²) in [5.41, 5.74) is 1.85. The fraction of sp³-hybridized carbons (Fsp3) is 0.400. The SMILES string of the molecule is Cc1ncc(OCc2c(Cl)ccc(N3CCCC3)c2Cl)[nH]1. The number of imidazole rings is 1. The molecule has 2 heterocycles. The molecule has 0 bridgehead atoms. The minimum atomic E-state index is 0.320. The predicted octanol–water partition coefficient (Wildman–Crippen LogP) is 4.20. The Bertz CT molecular complexity index is 636. The van der Waals surface area contributed by atoms with Crippen LogP contribution in [0.25, 0.3) is 0 Å². The number of nitrogens with zero attached hydrogens (tertiary/aromatic N) is 2. The summed E-state index contributed by atoms with van der Waals surface area (Å²) in [5.74, 6) is 1.43. The van der Waals surface area contributed by atoms with Gasteiger partial charge in [0.2, 0.25) is 5.88 Å². The van der Waals surface area contributed by atoms with Crippen molar-refractivity contribution in [3.63, 3.8) is 0 Å². The Morgan fingerprint density at radius 2 is 2.05 bits per heavy atom. The lowest BCUT2D eigenvalue weighted by molar-refractivity contribution is 0.295. The number of ether oxygens (including phenoxy) is 1. The molecule has 1 N–H and O–H groups in total. The van der Waals surface area contributed by atoms with Gasteiger partial charge in [0.15, 0.2) is 0 Å². The van der Waals surface area contributed by atoms with Crippen molar-refractivity contribution in [2.24, 2.45) is 0 Å². The van der Waals surface area contributed by atoms with E-state index in [0.29, 0.717) is 22.5 Å². The third-order valence-corrected chi connectivity index (χ3v) is 4.44. The predicted molar refractivity (Wildman–Crippen MR) is 85.6 cm³/mol. The molecule has 1 aliphatic rings. The summed E-state index contributed by atoms with van der Waals surface area (Å²) in [4.78, 5) is 9.42. The Labute approximate surface area is 134 Å². The molecular formula is C15H17Cl2N3O. The Kier molecular flexibility index (Phi) is 4.27. The van der Waals surface area contributed by atoms with Gasteiger partial charge in [-0.05, 0) is 31.9 Å². The summed E-state index contributed by atoms with van der Waals surface area (Å²) >= 11 is 12.8. The number of aromatic amines is 1. The van der Waals surface area contributed by atoms with Crippen LogP contribution in [0.3, 0.4) is 0 Å². The average molecular weight is 326 g/mol. The van der Waals surface area contributed by atoms with E-state index in [1.165, 1.54) is 12.8 Å². The second-order valence-corrected chi connectivity index (χ2v) is 5.96. The monoisotopic (exact) mass is 325 g/mol. The minimum Gasteiger partial charge on any atom is -0.473 e. The number of hydrogen-bond donors (Lipinski definition) is 1. The molecule has 2 aromatic rings. The first-order chi connectivity index (χ1) is 10.1. The van der Waals surface area contributed by atoms with Gasteiger partial charge in [0.05, 0.1) is 16.9 Å². The highest BCUT2D eigenvalue weighted by Crippen LogP contribution is 2.36. The first kappa shape index (κ1) is 14.5. The molecule has 4 nitrogen and oxygen atoms in total. The van der Waals surface area contributed by atoms with Crippen molar-refractivity contribution in [2.45, 2.75) is 26.4 Å². The van der Waals surface area contributed by atoms with Crippen molar-refractivity contribution in [1.82, 2.24) is 9.97 Å². The van der Waals surface area contributed by atoms with E-state index >= 15 is 0 Å². The molecule has 0 atom stereocenters. The molecule has 1 saturated heterocycles. The van der Waals surface area contributed by atoms with Crippen molar-refractivity contribution < 1.29 is 4.74 Å². The molecule has 21 heavy (non-hydrogen) atoms. The Balaban J connectivity index is 1.81. The Hall–Kier alpha value is -1.39. The topological polar surface area (TPSA) is 41.1 Å². The van der Waals surface area contributed by atoms with Crippen LogP contribution in [-0.4, -0.2) is 23.1 Å². The highest BCUT2D eigenvalue weighted by Gasteiger charge is 2.19. The number of aromatic nitrogens is 2. The zero-order valence-electron chi connectivity index (χ0n) is 11.8. The van der Waals surface area contributed by atoms with Crippen LogP contribution in [-0.2, 0) is 6.61 Å². The molecule has 0 unspecified atom stereocenters. The highest BCUT2D eigenvalue weighted by atomic mass is 35.5. The average Bonchev–Trinajstić information content (AvgIpc) is 3.10. The van der Waals surface area contributed by atoms with Crippen molar-refractivity contribution in [3.05, 3.63) is 39.8 Å². The summed E-state index contributed by atoms with van der Waals surface area (Å²) in [6.07, 6.45) is 4.07. The van der Waals surface area contributed by atoms with Gasteiger partial charge in [0.1, 0.15) is 12.4 Å². The van der Waals surface area contributed by atoms with Crippen LogP contribution in [0, 0.1) is 6.92 Å². The van der Waals surface area contributed by atoms with E-state index in [2.05, 4.69) is 14.9 Å². The van der Waals surface area contributed by atoms with Gasteiger partial charge in [0, 0.05) is 23.7 Å². The van der Waals surface area contributed by atoms with E-state index in [-0.39, 0.29) is 0 Å². The third kappa shape index (κ3) is 3.11. The van der Waals surface area contributed by atoms with Gasteiger partial charge < -0.3 is 14.6 Å². The molecular weight excluding hydrogens is 309 g/mol. The van der Waals surface area contributed by atoms with Crippen LogP contribution in [0.4, 0.5) is 5.69 Å². The first-order valence-electron chi connectivity index (χ1n) is 7.01. The van der Waals surface area contributed by atoms with Gasteiger partial charge in [-0.25, -0.2) is 4.98 Å². The second-order valence-electron chi connectivity index (χ2n) is 5.17. The second kappa shape index (κ2) is 6.16. The van der Waals surface area contributed by atoms with E-state index in [0.717, 1.165) is 30.2 Å². The number of benzene rings is 1. The molecule has 1 aromatic carbocycles. The number of anilines is 1. The molecule has 112 valence electrons. The Morgan fingerprint density at radius 1 is 1.29 bits per heavy atom. The van der Waals surface area contributed by atoms with E-state index in [1.54, 1.807) is 6.20 Å². The maximum absolute atomic E-state index is 6.53. The maximum atomic E-state index is 6.53. The molecule has 6 heteroatoms. The van der Waals surface area contributed by atoms with Crippen molar-refractivity contribution in [1.29, 1.82) is 0 Å². The lowest BCUT2D eigenvalue weighted by Crippen LogP contribution is -2.18. The standard InChI is InChI=1S/C15H17Cl2N3O/c1-10-18-8-14(19-10)21-9-11-12(16)4-5-13(15(11)17)20-6-2-3-7-20/h4-5,8H,2-3,6-7,9H2,1H3,(H,18,19). The van der Waals surface area contributed by atoms with Gasteiger partial charge in [-0.1, -0.05) is 23.2 Å². The van der Waals surface area contributed by atoms with Crippen molar-refractivity contribution >= 4 is 28.9 Å². The lowest BCUT2D eigenvalue weighted by Gasteiger charge is -2.21. The van der Waals surface area contributed by atoms with Crippen LogP contribution in [0.15, 0.2) is 18.3 Å². The zero-order chi connectivity index (χ0) is 14.8. The fourth-order valence-corrected chi connectivity index (χ4v) is 3.14. The normalized spacial score (nSPS) is 14.7. The van der Waals surface area contributed by atoms with Gasteiger partial charge in [-0.15, -0.1) is 0 Å². The first-order valence-corrected chi connectivity index (χ1v) is 7.77. The molecule has 0 spiro atoms. The molecule has 1 aliphatic heterocycles. The molecule has 0 saturated carbocycles. The molecule has 1 aromatic heterocycles. The number of halogens is 2. The van der Waals surface area contributed by atoms with Crippen molar-refractivity contribution in [3.8, 4) is 5.88 Å². The summed E-state index contributed by atoms with van der Waals surface area (Å²) < 4.78 is 5.69. The maximum Gasteiger partial charge on any atom is 0.211 e. The lowest BCUT2D eigenvalue weighted by atomic mass is 10.2. The molecule has 1 fully saturated rings.